The van der Waals surface area contributed by atoms with Gasteiger partial charge in [-0.05, 0) is 84.1 Å². The van der Waals surface area contributed by atoms with Gasteiger partial charge < -0.3 is 10.2 Å². The van der Waals surface area contributed by atoms with Crippen LogP contribution in [0.3, 0.4) is 0 Å². The third-order valence-corrected chi connectivity index (χ3v) is 5.21. The van der Waals surface area contributed by atoms with Crippen LogP contribution in [0.4, 0.5) is 20.2 Å². The zero-order valence-corrected chi connectivity index (χ0v) is 16.1. The second-order valence-electron chi connectivity index (χ2n) is 6.35. The molecule has 0 saturated carbocycles. The van der Waals surface area contributed by atoms with Gasteiger partial charge >= 0.3 is 0 Å². The SMILES string of the molecule is O=C1/C(=C/c2ccc(O)c(O)c2)SC(=Nc2ccc(F)cc2)N1c1ccc(F)cc1. The van der Waals surface area contributed by atoms with E-state index in [1.807, 2.05) is 0 Å². The van der Waals surface area contributed by atoms with Crippen LogP contribution < -0.4 is 4.90 Å². The van der Waals surface area contributed by atoms with Gasteiger partial charge in [-0.2, -0.15) is 0 Å². The molecule has 30 heavy (non-hydrogen) atoms. The summed E-state index contributed by atoms with van der Waals surface area (Å²) in [6.07, 6.45) is 1.55. The van der Waals surface area contributed by atoms with Crippen LogP contribution in [-0.2, 0) is 4.79 Å². The summed E-state index contributed by atoms with van der Waals surface area (Å²) in [5.41, 5.74) is 1.37. The predicted octanol–water partition coefficient (Wildman–Crippen LogP) is 5.18. The fraction of sp³-hybridized carbons (Fsp3) is 0. The lowest BCUT2D eigenvalue weighted by Gasteiger charge is -2.15. The zero-order chi connectivity index (χ0) is 21.3. The van der Waals surface area contributed by atoms with E-state index >= 15 is 0 Å². The molecule has 1 aliphatic heterocycles. The third-order valence-electron chi connectivity index (χ3n) is 4.24. The Bertz CT molecular complexity index is 1180. The number of amides is 1. The molecule has 0 atom stereocenters. The molecule has 1 amide bonds. The summed E-state index contributed by atoms with van der Waals surface area (Å²) in [5.74, 6) is -1.81. The van der Waals surface area contributed by atoms with E-state index in [9.17, 15) is 23.8 Å². The van der Waals surface area contributed by atoms with Crippen LogP contribution in [0, 0.1) is 11.6 Å². The largest absolute Gasteiger partial charge is 0.504 e. The van der Waals surface area contributed by atoms with Crippen LogP contribution in [0.5, 0.6) is 11.5 Å². The van der Waals surface area contributed by atoms with Crippen LogP contribution >= 0.6 is 11.8 Å². The highest BCUT2D eigenvalue weighted by molar-refractivity contribution is 8.19. The molecule has 0 unspecified atom stereocenters. The number of carbonyl (C=O) groups excluding carboxylic acids is 1. The van der Waals surface area contributed by atoms with Gasteiger partial charge in [0.05, 0.1) is 16.3 Å². The van der Waals surface area contributed by atoms with Gasteiger partial charge in [-0.25, -0.2) is 13.8 Å². The maximum Gasteiger partial charge on any atom is 0.271 e. The molecule has 1 aliphatic rings. The Morgan fingerprint density at radius 1 is 0.867 bits per heavy atom. The van der Waals surface area contributed by atoms with Gasteiger partial charge in [0, 0.05) is 0 Å². The van der Waals surface area contributed by atoms with Crippen LogP contribution in [0.1, 0.15) is 5.56 Å². The number of anilines is 1. The Hall–Kier alpha value is -3.65. The van der Waals surface area contributed by atoms with Gasteiger partial charge in [-0.15, -0.1) is 0 Å². The van der Waals surface area contributed by atoms with Crippen molar-refractivity contribution in [2.45, 2.75) is 0 Å². The molecular weight excluding hydrogens is 410 g/mol. The highest BCUT2D eigenvalue weighted by Crippen LogP contribution is 2.38. The highest BCUT2D eigenvalue weighted by atomic mass is 32.2. The van der Waals surface area contributed by atoms with Crippen molar-refractivity contribution in [3.63, 3.8) is 0 Å². The smallest absolute Gasteiger partial charge is 0.271 e. The quantitative estimate of drug-likeness (QED) is 0.449. The number of phenols is 2. The Balaban J connectivity index is 1.77. The molecule has 4 rings (SSSR count). The van der Waals surface area contributed by atoms with E-state index in [0.29, 0.717) is 27.0 Å². The van der Waals surface area contributed by atoms with Gasteiger partial charge in [0.25, 0.3) is 5.91 Å². The molecule has 1 saturated heterocycles. The molecule has 0 aliphatic carbocycles. The van der Waals surface area contributed by atoms with Gasteiger partial charge in [0.1, 0.15) is 11.6 Å². The van der Waals surface area contributed by atoms with Crippen LogP contribution in [0.15, 0.2) is 76.6 Å². The van der Waals surface area contributed by atoms with Gasteiger partial charge in [0.2, 0.25) is 0 Å². The maximum atomic E-state index is 13.4. The number of thioether (sulfide) groups is 1. The van der Waals surface area contributed by atoms with Crippen molar-refractivity contribution >= 4 is 40.3 Å². The minimum atomic E-state index is -0.439. The number of hydrogen-bond donors (Lipinski definition) is 2. The van der Waals surface area contributed by atoms with Crippen molar-refractivity contribution in [3.05, 3.63) is 88.8 Å². The van der Waals surface area contributed by atoms with Gasteiger partial charge in [-0.3, -0.25) is 9.69 Å². The van der Waals surface area contributed by atoms with Gasteiger partial charge in [-0.1, -0.05) is 6.07 Å². The topological polar surface area (TPSA) is 73.1 Å². The summed E-state index contributed by atoms with van der Waals surface area (Å²) < 4.78 is 26.6. The van der Waals surface area contributed by atoms with Crippen LogP contribution in [0.25, 0.3) is 6.08 Å². The van der Waals surface area contributed by atoms with Crippen molar-refractivity contribution in [3.8, 4) is 11.5 Å². The standard InChI is InChI=1S/C22H14F2N2O3S/c23-14-2-6-16(7-3-14)25-22-26(17-8-4-15(24)5-9-17)21(29)20(30-22)12-13-1-10-18(27)19(28)11-13/h1-12,27-28H/b20-12-,25-22?. The van der Waals surface area contributed by atoms with Crippen molar-refractivity contribution in [1.29, 1.82) is 0 Å². The van der Waals surface area contributed by atoms with E-state index in [2.05, 4.69) is 4.99 Å². The Morgan fingerprint density at radius 3 is 2.13 bits per heavy atom. The van der Waals surface area contributed by atoms with Gasteiger partial charge in [0.15, 0.2) is 16.7 Å². The average Bonchev–Trinajstić information content (AvgIpc) is 3.02. The maximum absolute atomic E-state index is 13.4. The van der Waals surface area contributed by atoms with E-state index < -0.39 is 11.6 Å². The van der Waals surface area contributed by atoms with E-state index in [1.54, 1.807) is 12.1 Å². The molecule has 0 aromatic heterocycles. The van der Waals surface area contributed by atoms with Crippen molar-refractivity contribution < 1.29 is 23.8 Å². The zero-order valence-electron chi connectivity index (χ0n) is 15.3. The normalized spacial score (nSPS) is 16.6. The first-order chi connectivity index (χ1) is 14.4. The molecule has 0 radical (unpaired) electrons. The third kappa shape index (κ3) is 4.04. The summed E-state index contributed by atoms with van der Waals surface area (Å²) >= 11 is 1.09. The lowest BCUT2D eigenvalue weighted by molar-refractivity contribution is -0.113. The first-order valence-corrected chi connectivity index (χ1v) is 9.58. The number of phenolic OH excluding ortho intramolecular Hbond substituents is 2. The average molecular weight is 424 g/mol. The van der Waals surface area contributed by atoms with E-state index in [-0.39, 0.29) is 17.4 Å². The van der Waals surface area contributed by atoms with Crippen LogP contribution in [-0.4, -0.2) is 21.3 Å². The first-order valence-electron chi connectivity index (χ1n) is 8.76. The summed E-state index contributed by atoms with van der Waals surface area (Å²) in [5, 5.41) is 19.5. The molecular formula is C22H14F2N2O3S. The number of rotatable bonds is 3. The molecule has 1 fully saturated rings. The minimum absolute atomic E-state index is 0.269. The fourth-order valence-corrected chi connectivity index (χ4v) is 3.78. The van der Waals surface area contributed by atoms with Crippen molar-refractivity contribution in [2.24, 2.45) is 4.99 Å². The number of benzene rings is 3. The first kappa shape index (κ1) is 19.7. The van der Waals surface area contributed by atoms with E-state index in [4.69, 9.17) is 0 Å². The predicted molar refractivity (Wildman–Crippen MR) is 113 cm³/mol. The Morgan fingerprint density at radius 2 is 1.50 bits per heavy atom. The van der Waals surface area contributed by atoms with Crippen molar-refractivity contribution in [2.75, 3.05) is 4.90 Å². The minimum Gasteiger partial charge on any atom is -0.504 e. The molecule has 150 valence electrons. The van der Waals surface area contributed by atoms with Crippen LogP contribution in [0.2, 0.25) is 0 Å². The second-order valence-corrected chi connectivity index (χ2v) is 7.36. The van der Waals surface area contributed by atoms with E-state index in [1.165, 1.54) is 65.6 Å². The molecule has 1 heterocycles. The highest BCUT2D eigenvalue weighted by Gasteiger charge is 2.34. The Labute approximate surface area is 174 Å². The number of nitrogens with zero attached hydrogens (tertiary/aromatic N) is 2. The van der Waals surface area contributed by atoms with Crippen molar-refractivity contribution in [1.82, 2.24) is 0 Å². The summed E-state index contributed by atoms with van der Waals surface area (Å²) in [6, 6.07) is 15.1. The fourth-order valence-electron chi connectivity index (χ4n) is 2.77. The number of carbonyl (C=O) groups is 1. The number of aromatic hydroxyl groups is 2. The van der Waals surface area contributed by atoms with E-state index in [0.717, 1.165) is 11.8 Å². The second kappa shape index (κ2) is 8.00. The molecule has 3 aromatic carbocycles. The number of hydrogen-bond acceptors (Lipinski definition) is 5. The molecule has 8 heteroatoms. The molecule has 3 aromatic rings. The summed E-state index contributed by atoms with van der Waals surface area (Å²) in [6.45, 7) is 0. The summed E-state index contributed by atoms with van der Waals surface area (Å²) in [4.78, 5) is 19.2. The molecule has 5 nitrogen and oxygen atoms in total. The number of amidine groups is 1. The molecule has 2 N–H and O–H groups in total. The molecule has 0 bridgehead atoms. The number of aliphatic imine (C=N–C) groups is 1. The Kier molecular flexibility index (Phi) is 5.24. The monoisotopic (exact) mass is 424 g/mol. The lowest BCUT2D eigenvalue weighted by atomic mass is 10.2. The number of halogens is 2. The molecule has 0 spiro atoms. The lowest BCUT2D eigenvalue weighted by Crippen LogP contribution is -2.28. The summed E-state index contributed by atoms with van der Waals surface area (Å²) in [7, 11) is 0.